The average Bonchev–Trinajstić information content (AvgIpc) is 2.24. The highest BCUT2D eigenvalue weighted by Gasteiger charge is 2.14. The van der Waals surface area contributed by atoms with Gasteiger partial charge in [0.15, 0.2) is 0 Å². The lowest BCUT2D eigenvalue weighted by molar-refractivity contribution is -0.904. The number of esters is 1. The van der Waals surface area contributed by atoms with Gasteiger partial charge in [0.2, 0.25) is 0 Å². The molecule has 0 rings (SSSR count). The van der Waals surface area contributed by atoms with Crippen LogP contribution in [0.25, 0.3) is 0 Å². The second-order valence-electron chi connectivity index (χ2n) is 3.92. The van der Waals surface area contributed by atoms with Gasteiger partial charge in [0, 0.05) is 18.2 Å². The molecule has 0 saturated heterocycles. The zero-order valence-corrected chi connectivity index (χ0v) is 11.0. The minimum absolute atomic E-state index is 0.0150. The van der Waals surface area contributed by atoms with Crippen molar-refractivity contribution in [3.8, 4) is 0 Å². The fourth-order valence-corrected chi connectivity index (χ4v) is 1.83. The molecule has 1 N–H and O–H groups in total. The fourth-order valence-electron chi connectivity index (χ4n) is 1.19. The molecule has 0 aliphatic heterocycles. The summed E-state index contributed by atoms with van der Waals surface area (Å²) in [6.07, 6.45) is 1.38. The first-order valence-electron chi connectivity index (χ1n) is 5.31. The molecule has 0 aromatic carbocycles. The van der Waals surface area contributed by atoms with Crippen molar-refractivity contribution in [2.24, 2.45) is 0 Å². The molecular weight excluding hydrogens is 246 g/mol. The number of hydrogen-bond donors (Lipinski definition) is 1. The Morgan fingerprint density at radius 3 is 2.65 bits per heavy atom. The maximum atomic E-state index is 10.8. The Balaban J connectivity index is 3.85. The Labute approximate surface area is 102 Å². The van der Waals surface area contributed by atoms with Crippen molar-refractivity contribution < 1.29 is 27.4 Å². The van der Waals surface area contributed by atoms with E-state index in [-0.39, 0.29) is 18.4 Å². The molecule has 0 fully saturated rings. The number of ether oxygens (including phenoxy) is 1. The van der Waals surface area contributed by atoms with Crippen LogP contribution in [-0.4, -0.2) is 50.9 Å². The molecule has 17 heavy (non-hydrogen) atoms. The summed E-state index contributed by atoms with van der Waals surface area (Å²) in [7, 11) is -2.30. The third-order valence-corrected chi connectivity index (χ3v) is 3.29. The van der Waals surface area contributed by atoms with Gasteiger partial charge in [0.05, 0.1) is 23.2 Å². The average molecular weight is 265 g/mol. The SMILES string of the molecule is C=CC(=O)OCC[NH+](C)C(C)CCS(=O)(=O)[O-]. The van der Waals surface area contributed by atoms with E-state index < -0.39 is 16.1 Å². The first-order chi connectivity index (χ1) is 7.76. The van der Waals surface area contributed by atoms with Crippen LogP contribution in [0, 0.1) is 0 Å². The van der Waals surface area contributed by atoms with E-state index in [1.807, 2.05) is 14.0 Å². The zero-order chi connectivity index (χ0) is 13.5. The van der Waals surface area contributed by atoms with Crippen molar-refractivity contribution in [1.29, 1.82) is 0 Å². The Bertz CT molecular complexity index is 352. The molecule has 7 heteroatoms. The van der Waals surface area contributed by atoms with E-state index in [9.17, 15) is 17.8 Å². The second kappa shape index (κ2) is 7.41. The van der Waals surface area contributed by atoms with Gasteiger partial charge in [0.1, 0.15) is 13.2 Å². The first kappa shape index (κ1) is 16.1. The van der Waals surface area contributed by atoms with Crippen LogP contribution < -0.4 is 4.90 Å². The van der Waals surface area contributed by atoms with Crippen molar-refractivity contribution in [3.63, 3.8) is 0 Å². The first-order valence-corrected chi connectivity index (χ1v) is 6.89. The molecule has 0 aromatic heterocycles. The van der Waals surface area contributed by atoms with E-state index in [0.717, 1.165) is 11.0 Å². The van der Waals surface area contributed by atoms with Gasteiger partial charge in [-0.1, -0.05) is 6.58 Å². The molecule has 0 bridgehead atoms. The van der Waals surface area contributed by atoms with Crippen LogP contribution in [0.1, 0.15) is 13.3 Å². The minimum Gasteiger partial charge on any atom is -0.748 e. The maximum absolute atomic E-state index is 10.8. The van der Waals surface area contributed by atoms with Crippen molar-refractivity contribution in [3.05, 3.63) is 12.7 Å². The van der Waals surface area contributed by atoms with Gasteiger partial charge in [0.25, 0.3) is 0 Å². The Kier molecular flexibility index (Phi) is 7.01. The van der Waals surface area contributed by atoms with Crippen LogP contribution in [0.5, 0.6) is 0 Å². The van der Waals surface area contributed by atoms with Crippen LogP contribution >= 0.6 is 0 Å². The molecule has 0 spiro atoms. The molecule has 0 aliphatic carbocycles. The van der Waals surface area contributed by atoms with E-state index in [4.69, 9.17) is 4.74 Å². The molecule has 100 valence electrons. The molecular formula is C10H19NO5S. The van der Waals surface area contributed by atoms with Gasteiger partial charge in [-0.25, -0.2) is 13.2 Å². The lowest BCUT2D eigenvalue weighted by Gasteiger charge is -2.21. The Morgan fingerprint density at radius 2 is 2.18 bits per heavy atom. The van der Waals surface area contributed by atoms with Crippen LogP contribution in [0.3, 0.4) is 0 Å². The van der Waals surface area contributed by atoms with Crippen LogP contribution in [0.4, 0.5) is 0 Å². The van der Waals surface area contributed by atoms with Crippen molar-refractivity contribution >= 4 is 16.1 Å². The fraction of sp³-hybridized carbons (Fsp3) is 0.700. The highest BCUT2D eigenvalue weighted by atomic mass is 32.2. The summed E-state index contributed by atoms with van der Waals surface area (Å²) in [5, 5.41) is 0. The van der Waals surface area contributed by atoms with Gasteiger partial charge in [-0.3, -0.25) is 0 Å². The van der Waals surface area contributed by atoms with E-state index >= 15 is 0 Å². The maximum Gasteiger partial charge on any atom is 0.330 e. The summed E-state index contributed by atoms with van der Waals surface area (Å²) in [6.45, 7) is 5.91. The van der Waals surface area contributed by atoms with Gasteiger partial charge in [-0.2, -0.15) is 0 Å². The van der Waals surface area contributed by atoms with E-state index in [2.05, 4.69) is 6.58 Å². The summed E-state index contributed by atoms with van der Waals surface area (Å²) >= 11 is 0. The lowest BCUT2D eigenvalue weighted by Crippen LogP contribution is -3.13. The van der Waals surface area contributed by atoms with E-state index in [1.54, 1.807) is 0 Å². The summed E-state index contributed by atoms with van der Waals surface area (Å²) in [4.78, 5) is 11.8. The van der Waals surface area contributed by atoms with Gasteiger partial charge >= 0.3 is 5.97 Å². The van der Waals surface area contributed by atoms with E-state index in [0.29, 0.717) is 13.0 Å². The van der Waals surface area contributed by atoms with Crippen LogP contribution in [-0.2, 0) is 19.6 Å². The summed E-state index contributed by atoms with van der Waals surface area (Å²) in [6, 6.07) is 0.0150. The Hall–Kier alpha value is -0.920. The number of likely N-dealkylation sites (N-methyl/N-ethyl adjacent to an activating group) is 1. The smallest absolute Gasteiger partial charge is 0.330 e. The second-order valence-corrected chi connectivity index (χ2v) is 5.44. The summed E-state index contributed by atoms with van der Waals surface area (Å²) < 4.78 is 36.2. The quantitative estimate of drug-likeness (QED) is 0.330. The predicted octanol–water partition coefficient (Wildman–Crippen LogP) is -1.45. The topological polar surface area (TPSA) is 87.9 Å². The zero-order valence-electron chi connectivity index (χ0n) is 10.1. The third-order valence-electron chi connectivity index (χ3n) is 2.55. The lowest BCUT2D eigenvalue weighted by atomic mass is 10.2. The molecule has 0 saturated carbocycles. The van der Waals surface area contributed by atoms with Gasteiger partial charge in [-0.05, 0) is 6.92 Å². The monoisotopic (exact) mass is 265 g/mol. The summed E-state index contributed by atoms with van der Waals surface area (Å²) in [5.41, 5.74) is 0. The molecule has 0 amide bonds. The Morgan fingerprint density at radius 1 is 1.59 bits per heavy atom. The number of hydrogen-bond acceptors (Lipinski definition) is 5. The normalized spacial score (nSPS) is 15.0. The van der Waals surface area contributed by atoms with Crippen molar-refractivity contribution in [1.82, 2.24) is 0 Å². The third kappa shape index (κ3) is 8.84. The molecule has 0 aromatic rings. The molecule has 2 atom stereocenters. The van der Waals surface area contributed by atoms with Gasteiger partial charge in [-0.15, -0.1) is 0 Å². The predicted molar refractivity (Wildman–Crippen MR) is 61.6 cm³/mol. The van der Waals surface area contributed by atoms with Crippen molar-refractivity contribution in [2.75, 3.05) is 26.0 Å². The largest absolute Gasteiger partial charge is 0.748 e. The number of rotatable bonds is 8. The number of carbonyl (C=O) groups excluding carboxylic acids is 1. The van der Waals surface area contributed by atoms with E-state index in [1.165, 1.54) is 0 Å². The molecule has 0 aliphatic rings. The highest BCUT2D eigenvalue weighted by molar-refractivity contribution is 7.85. The molecule has 6 nitrogen and oxygen atoms in total. The molecule has 2 unspecified atom stereocenters. The number of nitrogens with one attached hydrogen (secondary N) is 1. The van der Waals surface area contributed by atoms with Crippen LogP contribution in [0.15, 0.2) is 12.7 Å². The highest BCUT2D eigenvalue weighted by Crippen LogP contribution is 1.91. The number of carbonyl (C=O) groups is 1. The molecule has 0 heterocycles. The van der Waals surface area contributed by atoms with Crippen LogP contribution in [0.2, 0.25) is 0 Å². The molecule has 0 radical (unpaired) electrons. The standard InChI is InChI=1S/C10H19NO5S/c1-4-10(12)16-7-6-11(3)9(2)5-8-17(13,14)15/h4,9H,1,5-8H2,2-3H3,(H,13,14,15). The van der Waals surface area contributed by atoms with Gasteiger partial charge < -0.3 is 14.2 Å². The number of quaternary nitrogens is 1. The summed E-state index contributed by atoms with van der Waals surface area (Å²) in [5.74, 6) is -0.842. The van der Waals surface area contributed by atoms with Crippen molar-refractivity contribution in [2.45, 2.75) is 19.4 Å². The minimum atomic E-state index is -4.15.